The summed E-state index contributed by atoms with van der Waals surface area (Å²) in [7, 11) is 0. The van der Waals surface area contributed by atoms with Gasteiger partial charge in [-0.05, 0) is 12.1 Å². The maximum Gasteiger partial charge on any atom is 0.573 e. The Balaban J connectivity index is 2.52. The molecule has 0 saturated heterocycles. The van der Waals surface area contributed by atoms with Crippen LogP contribution in [0.1, 0.15) is 0 Å². The van der Waals surface area contributed by atoms with Gasteiger partial charge in [0.25, 0.3) is 0 Å². The van der Waals surface area contributed by atoms with Gasteiger partial charge in [-0.1, -0.05) is 18.2 Å². The minimum absolute atomic E-state index is 0.150. The first-order chi connectivity index (χ1) is 7.06. The van der Waals surface area contributed by atoms with E-state index in [1.807, 2.05) is 0 Å². The minimum Gasteiger partial charge on any atom is -0.403 e. The van der Waals surface area contributed by atoms with Gasteiger partial charge < -0.3 is 4.74 Å². The summed E-state index contributed by atoms with van der Waals surface area (Å²) < 4.78 is 39.9. The third-order valence-electron chi connectivity index (χ3n) is 1.77. The van der Waals surface area contributed by atoms with Crippen LogP contribution < -0.4 is 4.74 Å². The second-order valence-corrected chi connectivity index (χ2v) is 2.82. The number of para-hydroxylation sites is 1. The molecule has 0 spiro atoms. The molecule has 0 aliphatic heterocycles. The van der Waals surface area contributed by atoms with E-state index in [-0.39, 0.29) is 11.3 Å². The van der Waals surface area contributed by atoms with Crippen LogP contribution in [-0.2, 0) is 0 Å². The van der Waals surface area contributed by atoms with E-state index in [9.17, 15) is 13.2 Å². The highest BCUT2D eigenvalue weighted by Crippen LogP contribution is 2.28. The van der Waals surface area contributed by atoms with Crippen molar-refractivity contribution in [2.24, 2.45) is 0 Å². The number of rotatable bonds is 1. The van der Waals surface area contributed by atoms with Gasteiger partial charge in [0.15, 0.2) is 5.75 Å². The Morgan fingerprint density at radius 3 is 2.73 bits per heavy atom. The highest BCUT2D eigenvalue weighted by molar-refractivity contribution is 5.84. The second-order valence-electron chi connectivity index (χ2n) is 2.82. The molecule has 1 radical (unpaired) electrons. The molecule has 0 saturated carbocycles. The smallest absolute Gasteiger partial charge is 0.403 e. The van der Waals surface area contributed by atoms with Crippen LogP contribution in [0.4, 0.5) is 13.2 Å². The zero-order valence-electron chi connectivity index (χ0n) is 7.38. The van der Waals surface area contributed by atoms with Crippen molar-refractivity contribution >= 4 is 10.9 Å². The van der Waals surface area contributed by atoms with Gasteiger partial charge in [0, 0.05) is 5.39 Å². The molecule has 0 atom stereocenters. The lowest BCUT2D eigenvalue weighted by Crippen LogP contribution is -2.17. The summed E-state index contributed by atoms with van der Waals surface area (Å²) in [5, 5.41) is 0.579. The third-order valence-corrected chi connectivity index (χ3v) is 1.77. The van der Waals surface area contributed by atoms with Crippen LogP contribution >= 0.6 is 0 Å². The van der Waals surface area contributed by atoms with Gasteiger partial charge in [-0.15, -0.1) is 13.2 Å². The fraction of sp³-hybridized carbons (Fsp3) is 0.100. The molecular formula is C10H5F3NO. The number of ether oxygens (including phenoxy) is 1. The maximum absolute atomic E-state index is 12.0. The lowest BCUT2D eigenvalue weighted by molar-refractivity contribution is -0.274. The van der Waals surface area contributed by atoms with Crippen molar-refractivity contribution < 1.29 is 17.9 Å². The average Bonchev–Trinajstić information content (AvgIpc) is 2.16. The number of halogens is 3. The zero-order chi connectivity index (χ0) is 10.9. The van der Waals surface area contributed by atoms with E-state index in [0.29, 0.717) is 5.39 Å². The van der Waals surface area contributed by atoms with E-state index in [1.165, 1.54) is 18.2 Å². The molecular weight excluding hydrogens is 207 g/mol. The molecule has 15 heavy (non-hydrogen) atoms. The van der Waals surface area contributed by atoms with Gasteiger partial charge in [0.1, 0.15) is 5.52 Å². The molecule has 0 aliphatic rings. The average molecular weight is 212 g/mol. The van der Waals surface area contributed by atoms with Crippen LogP contribution in [0.25, 0.3) is 10.9 Å². The van der Waals surface area contributed by atoms with Crippen molar-refractivity contribution in [2.75, 3.05) is 0 Å². The Kier molecular flexibility index (Phi) is 2.22. The molecule has 0 bridgehead atoms. The summed E-state index contributed by atoms with van der Waals surface area (Å²) in [6.07, 6.45) is -2.24. The summed E-state index contributed by atoms with van der Waals surface area (Å²) in [6, 6.07) is 7.49. The summed E-state index contributed by atoms with van der Waals surface area (Å²) in [5.41, 5.74) is 0.150. The largest absolute Gasteiger partial charge is 0.573 e. The molecule has 1 aromatic heterocycles. The molecule has 0 N–H and O–H groups in total. The number of hydrogen-bond donors (Lipinski definition) is 0. The number of fused-ring (bicyclic) bond motifs is 1. The Hall–Kier alpha value is -1.78. The van der Waals surface area contributed by atoms with Crippen LogP contribution in [-0.4, -0.2) is 11.3 Å². The second kappa shape index (κ2) is 3.42. The maximum atomic E-state index is 12.0. The molecule has 0 unspecified atom stereocenters. The van der Waals surface area contributed by atoms with E-state index in [0.717, 1.165) is 0 Å². The molecule has 0 amide bonds. The number of aromatic nitrogens is 1. The summed E-state index contributed by atoms with van der Waals surface area (Å²) >= 11 is 0. The molecule has 0 fully saturated rings. The highest BCUT2D eigenvalue weighted by atomic mass is 19.4. The quantitative estimate of drug-likeness (QED) is 0.725. The summed E-state index contributed by atoms with van der Waals surface area (Å²) in [4.78, 5) is 3.72. The lowest BCUT2D eigenvalue weighted by atomic mass is 10.2. The van der Waals surface area contributed by atoms with Crippen LogP contribution in [0.5, 0.6) is 5.75 Å². The molecule has 2 aromatic rings. The standard InChI is InChI=1S/C10H5F3NO/c11-10(12,13)15-8-5-1-3-7-4-2-6-14-9(7)8/h1-5H. The lowest BCUT2D eigenvalue weighted by Gasteiger charge is -2.09. The van der Waals surface area contributed by atoms with Gasteiger partial charge in [-0.2, -0.15) is 0 Å². The van der Waals surface area contributed by atoms with Crippen molar-refractivity contribution in [2.45, 2.75) is 6.36 Å². The first kappa shape index (κ1) is 9.76. The normalized spacial score (nSPS) is 11.7. The van der Waals surface area contributed by atoms with Crippen molar-refractivity contribution in [1.29, 1.82) is 0 Å². The van der Waals surface area contributed by atoms with Gasteiger partial charge in [0.2, 0.25) is 0 Å². The van der Waals surface area contributed by atoms with E-state index in [1.54, 1.807) is 12.1 Å². The molecule has 77 valence electrons. The molecule has 1 heterocycles. The number of hydrogen-bond acceptors (Lipinski definition) is 2. The number of pyridine rings is 1. The monoisotopic (exact) mass is 212 g/mol. The Morgan fingerprint density at radius 1 is 1.20 bits per heavy atom. The Labute approximate surface area is 83.3 Å². The fourth-order valence-electron chi connectivity index (χ4n) is 1.23. The van der Waals surface area contributed by atoms with Crippen LogP contribution in [0.15, 0.2) is 30.3 Å². The predicted octanol–water partition coefficient (Wildman–Crippen LogP) is 2.93. The van der Waals surface area contributed by atoms with Gasteiger partial charge in [-0.3, -0.25) is 0 Å². The Morgan fingerprint density at radius 2 is 2.00 bits per heavy atom. The third kappa shape index (κ3) is 2.18. The number of benzene rings is 1. The van der Waals surface area contributed by atoms with Crippen molar-refractivity contribution in [3.05, 3.63) is 36.5 Å². The first-order valence-electron chi connectivity index (χ1n) is 4.08. The van der Waals surface area contributed by atoms with Crippen LogP contribution in [0, 0.1) is 6.20 Å². The predicted molar refractivity (Wildman–Crippen MR) is 47.3 cm³/mol. The van der Waals surface area contributed by atoms with Crippen LogP contribution in [0.2, 0.25) is 0 Å². The molecule has 5 heteroatoms. The van der Waals surface area contributed by atoms with Crippen molar-refractivity contribution in [3.8, 4) is 5.75 Å². The van der Waals surface area contributed by atoms with E-state index < -0.39 is 6.36 Å². The van der Waals surface area contributed by atoms with E-state index in [4.69, 9.17) is 0 Å². The van der Waals surface area contributed by atoms with Crippen LogP contribution in [0.3, 0.4) is 0 Å². The topological polar surface area (TPSA) is 22.1 Å². The van der Waals surface area contributed by atoms with Crippen molar-refractivity contribution in [3.63, 3.8) is 0 Å². The molecule has 2 nitrogen and oxygen atoms in total. The zero-order valence-corrected chi connectivity index (χ0v) is 7.38. The Bertz CT molecular complexity index is 476. The minimum atomic E-state index is -4.70. The van der Waals surface area contributed by atoms with E-state index in [2.05, 4.69) is 15.9 Å². The van der Waals surface area contributed by atoms with Gasteiger partial charge in [0.05, 0.1) is 6.20 Å². The van der Waals surface area contributed by atoms with Gasteiger partial charge in [-0.25, -0.2) is 4.98 Å². The summed E-state index contributed by atoms with van der Waals surface area (Å²) in [6.45, 7) is 0. The fourth-order valence-corrected chi connectivity index (χ4v) is 1.23. The number of alkyl halides is 3. The highest BCUT2D eigenvalue weighted by Gasteiger charge is 2.31. The SMILES string of the molecule is FC(F)(F)Oc1cccc2cc[c]nc12. The first-order valence-corrected chi connectivity index (χ1v) is 4.08. The van der Waals surface area contributed by atoms with E-state index >= 15 is 0 Å². The molecule has 0 aliphatic carbocycles. The number of nitrogens with zero attached hydrogens (tertiary/aromatic N) is 1. The molecule has 2 rings (SSSR count). The van der Waals surface area contributed by atoms with Gasteiger partial charge >= 0.3 is 6.36 Å². The van der Waals surface area contributed by atoms with Crippen molar-refractivity contribution in [1.82, 2.24) is 4.98 Å². The molecule has 1 aromatic carbocycles. The summed E-state index contributed by atoms with van der Waals surface area (Å²) in [5.74, 6) is -0.308.